The molecule has 2 aliphatic carbocycles. The third kappa shape index (κ3) is 2.24. The molecule has 3 unspecified atom stereocenters. The molecule has 0 aliphatic heterocycles. The number of carbonyl (C=O) groups excluding carboxylic acids is 1. The maximum atomic E-state index is 12.4. The lowest BCUT2D eigenvalue weighted by atomic mass is 9.92. The minimum atomic E-state index is 0.185. The van der Waals surface area contributed by atoms with Gasteiger partial charge in [0, 0.05) is 31.3 Å². The number of carbonyl (C=O) groups is 1. The van der Waals surface area contributed by atoms with E-state index in [1.165, 1.54) is 11.1 Å². The van der Waals surface area contributed by atoms with Gasteiger partial charge in [-0.15, -0.1) is 0 Å². The normalized spacial score (nSPS) is 25.8. The van der Waals surface area contributed by atoms with E-state index < -0.39 is 0 Å². The van der Waals surface area contributed by atoms with Crippen LogP contribution < -0.4 is 5.32 Å². The minimum absolute atomic E-state index is 0.185. The van der Waals surface area contributed by atoms with Crippen molar-refractivity contribution < 1.29 is 4.79 Å². The number of aromatic amines is 1. The number of hydrogen-bond donors (Lipinski definition) is 2. The van der Waals surface area contributed by atoms with Crippen LogP contribution in [0.25, 0.3) is 0 Å². The first-order chi connectivity index (χ1) is 10.3. The van der Waals surface area contributed by atoms with Crippen molar-refractivity contribution in [2.45, 2.75) is 25.2 Å². The lowest BCUT2D eigenvalue weighted by Crippen LogP contribution is -2.28. The smallest absolute Gasteiger partial charge is 0.224 e. The van der Waals surface area contributed by atoms with E-state index in [9.17, 15) is 4.79 Å². The second-order valence-electron chi connectivity index (χ2n) is 6.03. The highest BCUT2D eigenvalue weighted by Gasteiger charge is 2.56. The zero-order valence-electron chi connectivity index (χ0n) is 11.9. The van der Waals surface area contributed by atoms with Crippen LogP contribution in [-0.2, 0) is 17.6 Å². The van der Waals surface area contributed by atoms with Gasteiger partial charge in [-0.25, -0.2) is 4.98 Å². The van der Waals surface area contributed by atoms with Crippen LogP contribution >= 0.6 is 0 Å². The van der Waals surface area contributed by atoms with Crippen LogP contribution in [0.4, 0.5) is 0 Å². The number of hydrogen-bond acceptors (Lipinski definition) is 2. The van der Waals surface area contributed by atoms with Crippen LogP contribution in [0.5, 0.6) is 0 Å². The molecule has 0 bridgehead atoms. The molecule has 0 spiro atoms. The molecule has 3 atom stereocenters. The van der Waals surface area contributed by atoms with Gasteiger partial charge >= 0.3 is 0 Å². The summed E-state index contributed by atoms with van der Waals surface area (Å²) in [5.74, 6) is 2.34. The molecule has 108 valence electrons. The van der Waals surface area contributed by atoms with Crippen molar-refractivity contribution in [2.75, 3.05) is 6.54 Å². The Bertz CT molecular complexity index is 650. The number of rotatable bonds is 4. The summed E-state index contributed by atoms with van der Waals surface area (Å²) in [5, 5.41) is 3.07. The Morgan fingerprint density at radius 3 is 3.14 bits per heavy atom. The zero-order valence-corrected chi connectivity index (χ0v) is 11.9. The number of aromatic nitrogens is 2. The van der Waals surface area contributed by atoms with Gasteiger partial charge in [0.1, 0.15) is 5.82 Å². The molecule has 21 heavy (non-hydrogen) atoms. The number of nitrogens with one attached hydrogen (secondary N) is 2. The van der Waals surface area contributed by atoms with Gasteiger partial charge in [0.2, 0.25) is 5.91 Å². The molecule has 2 aliphatic rings. The van der Waals surface area contributed by atoms with E-state index in [0.717, 1.165) is 25.1 Å². The van der Waals surface area contributed by atoms with E-state index >= 15 is 0 Å². The summed E-state index contributed by atoms with van der Waals surface area (Å²) in [7, 11) is 0. The maximum Gasteiger partial charge on any atom is 0.224 e. The fourth-order valence-electron chi connectivity index (χ4n) is 3.78. The molecular weight excluding hydrogens is 262 g/mol. The Balaban J connectivity index is 1.37. The van der Waals surface area contributed by atoms with Crippen molar-refractivity contribution in [3.05, 3.63) is 53.6 Å². The van der Waals surface area contributed by atoms with Gasteiger partial charge in [0.15, 0.2) is 0 Å². The predicted octanol–water partition coefficient (Wildman–Crippen LogP) is 2.04. The molecule has 1 amide bonds. The Morgan fingerprint density at radius 2 is 2.29 bits per heavy atom. The van der Waals surface area contributed by atoms with Gasteiger partial charge in [-0.05, 0) is 35.8 Å². The molecule has 2 N–H and O–H groups in total. The molecule has 4 rings (SSSR count). The molecule has 1 aromatic heterocycles. The quantitative estimate of drug-likeness (QED) is 0.901. The average Bonchev–Trinajstić information content (AvgIpc) is 3.04. The summed E-state index contributed by atoms with van der Waals surface area (Å²) < 4.78 is 0. The summed E-state index contributed by atoms with van der Waals surface area (Å²) in [6.45, 7) is 0.657. The van der Waals surface area contributed by atoms with Gasteiger partial charge in [-0.3, -0.25) is 4.79 Å². The highest BCUT2D eigenvalue weighted by molar-refractivity contribution is 5.84. The molecule has 4 heteroatoms. The molecular formula is C17H19N3O. The second kappa shape index (κ2) is 5.02. The molecule has 0 radical (unpaired) electrons. The lowest BCUT2D eigenvalue weighted by molar-refractivity contribution is -0.122. The van der Waals surface area contributed by atoms with Crippen LogP contribution in [0.2, 0.25) is 0 Å². The standard InChI is InChI=1S/C17H19N3O/c21-17(20-8-7-14-18-9-10-19-14)16-13-6-5-11-3-1-2-4-12(11)15(13)16/h1-4,9-10,13,15-16H,5-8H2,(H,18,19)(H,20,21). The van der Waals surface area contributed by atoms with Gasteiger partial charge < -0.3 is 10.3 Å². The third-order valence-electron chi connectivity index (χ3n) is 4.85. The van der Waals surface area contributed by atoms with Crippen LogP contribution in [0.1, 0.15) is 29.3 Å². The van der Waals surface area contributed by atoms with Crippen LogP contribution in [-0.4, -0.2) is 22.4 Å². The number of amides is 1. The number of aryl methyl sites for hydroxylation is 1. The van der Waals surface area contributed by atoms with E-state index in [4.69, 9.17) is 0 Å². The predicted molar refractivity (Wildman–Crippen MR) is 79.8 cm³/mol. The molecule has 1 saturated carbocycles. The highest BCUT2D eigenvalue weighted by Crippen LogP contribution is 2.59. The zero-order chi connectivity index (χ0) is 14.2. The number of benzene rings is 1. The first-order valence-electron chi connectivity index (χ1n) is 7.68. The van der Waals surface area contributed by atoms with Crippen LogP contribution in [0.3, 0.4) is 0 Å². The summed E-state index contributed by atoms with van der Waals surface area (Å²) in [5.41, 5.74) is 2.84. The van der Waals surface area contributed by atoms with Crippen molar-refractivity contribution in [2.24, 2.45) is 11.8 Å². The van der Waals surface area contributed by atoms with Crippen molar-refractivity contribution >= 4 is 5.91 Å². The van der Waals surface area contributed by atoms with E-state index in [2.05, 4.69) is 39.6 Å². The van der Waals surface area contributed by atoms with Gasteiger partial charge in [-0.2, -0.15) is 0 Å². The number of fused-ring (bicyclic) bond motifs is 3. The molecule has 1 fully saturated rings. The number of H-pyrrole nitrogens is 1. The first-order valence-corrected chi connectivity index (χ1v) is 7.68. The van der Waals surface area contributed by atoms with Crippen molar-refractivity contribution in [3.8, 4) is 0 Å². The first kappa shape index (κ1) is 12.6. The van der Waals surface area contributed by atoms with Crippen LogP contribution in [0, 0.1) is 11.8 Å². The fourth-order valence-corrected chi connectivity index (χ4v) is 3.78. The van der Waals surface area contributed by atoms with E-state index in [1.807, 2.05) is 6.20 Å². The number of nitrogens with zero attached hydrogens (tertiary/aromatic N) is 1. The Morgan fingerprint density at radius 1 is 1.38 bits per heavy atom. The molecule has 2 aromatic rings. The average molecular weight is 281 g/mol. The molecule has 1 heterocycles. The molecule has 4 nitrogen and oxygen atoms in total. The number of imidazole rings is 1. The Labute approximate surface area is 124 Å². The SMILES string of the molecule is O=C(NCCc1ncc[nH]1)C1C2CCc3ccccc3C21. The highest BCUT2D eigenvalue weighted by atomic mass is 16.2. The van der Waals surface area contributed by atoms with Crippen molar-refractivity contribution in [1.82, 2.24) is 15.3 Å². The van der Waals surface area contributed by atoms with Gasteiger partial charge in [0.05, 0.1) is 0 Å². The van der Waals surface area contributed by atoms with E-state index in [-0.39, 0.29) is 11.8 Å². The summed E-state index contributed by atoms with van der Waals surface area (Å²) in [6, 6.07) is 8.59. The lowest BCUT2D eigenvalue weighted by Gasteiger charge is -2.13. The van der Waals surface area contributed by atoms with Gasteiger partial charge in [0.25, 0.3) is 0 Å². The summed E-state index contributed by atoms with van der Waals surface area (Å²) in [6.07, 6.45) is 6.58. The second-order valence-corrected chi connectivity index (χ2v) is 6.03. The van der Waals surface area contributed by atoms with Crippen LogP contribution in [0.15, 0.2) is 36.7 Å². The largest absolute Gasteiger partial charge is 0.355 e. The maximum absolute atomic E-state index is 12.4. The van der Waals surface area contributed by atoms with Crippen molar-refractivity contribution in [1.29, 1.82) is 0 Å². The topological polar surface area (TPSA) is 57.8 Å². The minimum Gasteiger partial charge on any atom is -0.355 e. The summed E-state index contributed by atoms with van der Waals surface area (Å²) >= 11 is 0. The van der Waals surface area contributed by atoms with E-state index in [1.54, 1.807) is 6.20 Å². The fraction of sp³-hybridized carbons (Fsp3) is 0.412. The third-order valence-corrected chi connectivity index (χ3v) is 4.85. The molecule has 0 saturated heterocycles. The van der Waals surface area contributed by atoms with Crippen molar-refractivity contribution in [3.63, 3.8) is 0 Å². The summed E-state index contributed by atoms with van der Waals surface area (Å²) in [4.78, 5) is 19.6. The van der Waals surface area contributed by atoms with E-state index in [0.29, 0.717) is 18.4 Å². The van der Waals surface area contributed by atoms with Gasteiger partial charge in [-0.1, -0.05) is 24.3 Å². The Hall–Kier alpha value is -2.10. The Kier molecular flexibility index (Phi) is 3.02. The monoisotopic (exact) mass is 281 g/mol. The molecule has 1 aromatic carbocycles.